The van der Waals surface area contributed by atoms with E-state index < -0.39 is 0 Å². The fourth-order valence-electron chi connectivity index (χ4n) is 1.84. The molecule has 1 aromatic carbocycles. The quantitative estimate of drug-likeness (QED) is 0.792. The van der Waals surface area contributed by atoms with E-state index in [4.69, 9.17) is 4.52 Å². The lowest BCUT2D eigenvalue weighted by molar-refractivity contribution is 0.372. The third-order valence-corrected chi connectivity index (χ3v) is 2.72. The van der Waals surface area contributed by atoms with Crippen molar-refractivity contribution in [3.63, 3.8) is 0 Å². The van der Waals surface area contributed by atoms with Crippen LogP contribution in [0.2, 0.25) is 0 Å². The van der Waals surface area contributed by atoms with Gasteiger partial charge in [0.05, 0.1) is 0 Å². The molecule has 2 aromatic rings. The molecule has 0 aliphatic carbocycles. The number of hydrogen-bond acceptors (Lipinski definition) is 4. The van der Waals surface area contributed by atoms with Gasteiger partial charge in [0.15, 0.2) is 5.82 Å². The van der Waals surface area contributed by atoms with Gasteiger partial charge in [0.1, 0.15) is 0 Å². The van der Waals surface area contributed by atoms with Crippen molar-refractivity contribution >= 4 is 0 Å². The fraction of sp³-hybridized carbons (Fsp3) is 0.429. The lowest BCUT2D eigenvalue weighted by atomic mass is 10.1. The molecule has 96 valence electrons. The van der Waals surface area contributed by atoms with Crippen LogP contribution in [-0.4, -0.2) is 23.2 Å². The Morgan fingerprint density at radius 2 is 2.22 bits per heavy atom. The molecule has 4 nitrogen and oxygen atoms in total. The summed E-state index contributed by atoms with van der Waals surface area (Å²) >= 11 is 0. The van der Waals surface area contributed by atoms with E-state index in [1.165, 1.54) is 11.1 Å². The Morgan fingerprint density at radius 3 is 3.00 bits per heavy atom. The number of likely N-dealkylation sites (N-methyl/N-ethyl adjacent to an activating group) is 1. The molecule has 0 aliphatic heterocycles. The molecule has 0 atom stereocenters. The van der Waals surface area contributed by atoms with Crippen molar-refractivity contribution < 1.29 is 4.52 Å². The summed E-state index contributed by atoms with van der Waals surface area (Å²) < 4.78 is 5.21. The number of aromatic nitrogens is 2. The summed E-state index contributed by atoms with van der Waals surface area (Å²) in [7, 11) is 0. The predicted molar refractivity (Wildman–Crippen MR) is 70.5 cm³/mol. The van der Waals surface area contributed by atoms with Crippen molar-refractivity contribution in [2.24, 2.45) is 0 Å². The first-order valence-electron chi connectivity index (χ1n) is 6.35. The van der Waals surface area contributed by atoms with Crippen molar-refractivity contribution in [1.82, 2.24) is 15.5 Å². The largest absolute Gasteiger partial charge is 0.339 e. The second kappa shape index (κ2) is 6.31. The number of nitrogens with one attached hydrogen (secondary N) is 1. The molecule has 0 saturated carbocycles. The van der Waals surface area contributed by atoms with Crippen LogP contribution in [-0.2, 0) is 12.8 Å². The van der Waals surface area contributed by atoms with Crippen LogP contribution in [0.5, 0.6) is 0 Å². The first-order chi connectivity index (χ1) is 8.78. The van der Waals surface area contributed by atoms with Crippen LogP contribution in [0.3, 0.4) is 0 Å². The Morgan fingerprint density at radius 1 is 1.33 bits per heavy atom. The first-order valence-corrected chi connectivity index (χ1v) is 6.35. The van der Waals surface area contributed by atoms with Gasteiger partial charge in [0.25, 0.3) is 0 Å². The summed E-state index contributed by atoms with van der Waals surface area (Å²) in [5.74, 6) is 1.46. The average molecular weight is 245 g/mol. The minimum Gasteiger partial charge on any atom is -0.339 e. The Balaban J connectivity index is 1.94. The second-order valence-electron chi connectivity index (χ2n) is 4.37. The molecule has 0 saturated heterocycles. The van der Waals surface area contributed by atoms with Crippen molar-refractivity contribution in [1.29, 1.82) is 0 Å². The third-order valence-electron chi connectivity index (χ3n) is 2.72. The van der Waals surface area contributed by atoms with Crippen LogP contribution >= 0.6 is 0 Å². The van der Waals surface area contributed by atoms with Gasteiger partial charge in [-0.3, -0.25) is 0 Å². The topological polar surface area (TPSA) is 51.0 Å². The molecule has 18 heavy (non-hydrogen) atoms. The molecule has 1 aromatic heterocycles. The lowest BCUT2D eigenvalue weighted by Gasteiger charge is -1.98. The lowest BCUT2D eigenvalue weighted by Crippen LogP contribution is -2.16. The van der Waals surface area contributed by atoms with Crippen molar-refractivity contribution in [2.75, 3.05) is 13.1 Å². The van der Waals surface area contributed by atoms with Crippen LogP contribution in [0.1, 0.15) is 29.8 Å². The summed E-state index contributed by atoms with van der Waals surface area (Å²) in [6.45, 7) is 6.01. The first kappa shape index (κ1) is 12.8. The molecule has 1 N–H and O–H groups in total. The van der Waals surface area contributed by atoms with Gasteiger partial charge in [0.2, 0.25) is 5.89 Å². The van der Waals surface area contributed by atoms with E-state index in [0.29, 0.717) is 5.89 Å². The van der Waals surface area contributed by atoms with E-state index in [2.05, 4.69) is 53.6 Å². The molecule has 0 aliphatic rings. The molecular weight excluding hydrogens is 226 g/mol. The van der Waals surface area contributed by atoms with Gasteiger partial charge < -0.3 is 9.84 Å². The number of hydrogen-bond donors (Lipinski definition) is 1. The van der Waals surface area contributed by atoms with Crippen LogP contribution in [0.25, 0.3) is 0 Å². The molecule has 0 radical (unpaired) electrons. The molecule has 0 amide bonds. The minimum atomic E-state index is 0.707. The molecule has 1 heterocycles. The summed E-state index contributed by atoms with van der Waals surface area (Å²) in [4.78, 5) is 4.39. The van der Waals surface area contributed by atoms with Crippen molar-refractivity contribution in [3.05, 3.63) is 47.1 Å². The number of nitrogens with zero attached hydrogens (tertiary/aromatic N) is 2. The van der Waals surface area contributed by atoms with Gasteiger partial charge in [0, 0.05) is 19.4 Å². The zero-order valence-electron chi connectivity index (χ0n) is 10.9. The molecule has 2 rings (SSSR count). The molecule has 0 unspecified atom stereocenters. The highest BCUT2D eigenvalue weighted by Crippen LogP contribution is 2.09. The summed E-state index contributed by atoms with van der Waals surface area (Å²) in [5.41, 5.74) is 2.47. The van der Waals surface area contributed by atoms with E-state index in [1.807, 2.05) is 0 Å². The van der Waals surface area contributed by atoms with E-state index in [1.54, 1.807) is 0 Å². The maximum absolute atomic E-state index is 5.21. The van der Waals surface area contributed by atoms with Crippen LogP contribution in [0.15, 0.2) is 28.8 Å². The maximum Gasteiger partial charge on any atom is 0.227 e. The SMILES string of the molecule is CCNCCc1nc(Cc2cccc(C)c2)no1. The Bertz CT molecular complexity index is 493. The second-order valence-corrected chi connectivity index (χ2v) is 4.37. The smallest absolute Gasteiger partial charge is 0.227 e. The van der Waals surface area contributed by atoms with Gasteiger partial charge in [-0.25, -0.2) is 0 Å². The zero-order chi connectivity index (χ0) is 12.8. The van der Waals surface area contributed by atoms with Crippen LogP contribution in [0, 0.1) is 6.92 Å². The monoisotopic (exact) mass is 245 g/mol. The normalized spacial score (nSPS) is 10.8. The van der Waals surface area contributed by atoms with Gasteiger partial charge in [-0.15, -0.1) is 0 Å². The molecular formula is C14H19N3O. The Labute approximate surface area is 107 Å². The standard InChI is InChI=1S/C14H19N3O/c1-3-15-8-7-14-16-13(17-18-14)10-12-6-4-5-11(2)9-12/h4-6,9,15H,3,7-8,10H2,1-2H3. The van der Waals surface area contributed by atoms with E-state index in [0.717, 1.165) is 31.8 Å². The summed E-state index contributed by atoms with van der Waals surface area (Å²) in [5, 5.41) is 7.24. The number of aryl methyl sites for hydroxylation is 1. The van der Waals surface area contributed by atoms with E-state index in [-0.39, 0.29) is 0 Å². The summed E-state index contributed by atoms with van der Waals surface area (Å²) in [6, 6.07) is 8.37. The van der Waals surface area contributed by atoms with Crippen LogP contribution < -0.4 is 5.32 Å². The van der Waals surface area contributed by atoms with Crippen molar-refractivity contribution in [2.45, 2.75) is 26.7 Å². The van der Waals surface area contributed by atoms with Gasteiger partial charge in [-0.2, -0.15) is 4.98 Å². The van der Waals surface area contributed by atoms with Crippen molar-refractivity contribution in [3.8, 4) is 0 Å². The number of rotatable bonds is 6. The Kier molecular flexibility index (Phi) is 4.47. The Hall–Kier alpha value is -1.68. The maximum atomic E-state index is 5.21. The highest BCUT2D eigenvalue weighted by atomic mass is 16.5. The van der Waals surface area contributed by atoms with Crippen LogP contribution in [0.4, 0.5) is 0 Å². The minimum absolute atomic E-state index is 0.707. The summed E-state index contributed by atoms with van der Waals surface area (Å²) in [6.07, 6.45) is 1.51. The van der Waals surface area contributed by atoms with E-state index >= 15 is 0 Å². The fourth-order valence-corrected chi connectivity index (χ4v) is 1.84. The van der Waals surface area contributed by atoms with Gasteiger partial charge in [-0.05, 0) is 19.0 Å². The molecule has 4 heteroatoms. The molecule has 0 fully saturated rings. The number of benzene rings is 1. The van der Waals surface area contributed by atoms with Gasteiger partial charge >= 0.3 is 0 Å². The van der Waals surface area contributed by atoms with Gasteiger partial charge in [-0.1, -0.05) is 41.9 Å². The highest BCUT2D eigenvalue weighted by molar-refractivity contribution is 5.24. The average Bonchev–Trinajstić information content (AvgIpc) is 2.77. The predicted octanol–water partition coefficient (Wildman–Crippen LogP) is 2.12. The molecule has 0 spiro atoms. The molecule has 0 bridgehead atoms. The zero-order valence-corrected chi connectivity index (χ0v) is 10.9. The van der Waals surface area contributed by atoms with E-state index in [9.17, 15) is 0 Å². The highest BCUT2D eigenvalue weighted by Gasteiger charge is 2.06. The third kappa shape index (κ3) is 3.67.